The molecule has 6 heteroatoms. The van der Waals surface area contributed by atoms with Gasteiger partial charge < -0.3 is 14.2 Å². The number of hydrogen-bond acceptors (Lipinski definition) is 5. The van der Waals surface area contributed by atoms with Crippen LogP contribution in [0, 0.1) is 0 Å². The first-order valence-corrected chi connectivity index (χ1v) is 5.82. The SMILES string of the molecule is CC(=O)OSC(C)CNC(=O)OC(C)(C)C. The van der Waals surface area contributed by atoms with Gasteiger partial charge in [-0.15, -0.1) is 0 Å². The summed E-state index contributed by atoms with van der Waals surface area (Å²) in [6.07, 6.45) is -0.470. The Bertz CT molecular complexity index is 250. The Hall–Kier alpha value is -0.910. The Morgan fingerprint density at radius 3 is 2.38 bits per heavy atom. The van der Waals surface area contributed by atoms with E-state index in [0.717, 1.165) is 12.0 Å². The topological polar surface area (TPSA) is 64.6 Å². The second-order valence-corrected chi connectivity index (χ2v) is 5.53. The van der Waals surface area contributed by atoms with Crippen molar-refractivity contribution < 1.29 is 18.5 Å². The van der Waals surface area contributed by atoms with Gasteiger partial charge in [0.15, 0.2) is 0 Å². The number of nitrogens with one attached hydrogen (secondary N) is 1. The summed E-state index contributed by atoms with van der Waals surface area (Å²) in [7, 11) is 0. The standard InChI is InChI=1S/C10H19NO4S/c1-7(16-15-8(2)12)6-11-9(13)14-10(3,4)5/h7H,6H2,1-5H3,(H,11,13). The zero-order chi connectivity index (χ0) is 12.8. The molecule has 1 N–H and O–H groups in total. The van der Waals surface area contributed by atoms with Gasteiger partial charge in [0.1, 0.15) is 5.60 Å². The molecule has 0 fully saturated rings. The lowest BCUT2D eigenvalue weighted by molar-refractivity contribution is -0.130. The van der Waals surface area contributed by atoms with Crippen molar-refractivity contribution in [3.63, 3.8) is 0 Å². The fraction of sp³-hybridized carbons (Fsp3) is 0.800. The van der Waals surface area contributed by atoms with E-state index in [1.165, 1.54) is 6.92 Å². The van der Waals surface area contributed by atoms with Crippen LogP contribution in [0.5, 0.6) is 0 Å². The van der Waals surface area contributed by atoms with Gasteiger partial charge in [-0.2, -0.15) is 0 Å². The highest BCUT2D eigenvalue weighted by atomic mass is 32.2. The number of ether oxygens (including phenoxy) is 1. The molecule has 0 aromatic carbocycles. The molecule has 0 aliphatic rings. The molecule has 0 aromatic rings. The number of amides is 1. The maximum absolute atomic E-state index is 11.3. The van der Waals surface area contributed by atoms with Crippen LogP contribution in [-0.2, 0) is 13.7 Å². The van der Waals surface area contributed by atoms with Crippen LogP contribution in [0.2, 0.25) is 0 Å². The molecule has 0 aliphatic carbocycles. The molecule has 0 radical (unpaired) electrons. The molecule has 5 nitrogen and oxygen atoms in total. The van der Waals surface area contributed by atoms with Gasteiger partial charge in [0.25, 0.3) is 0 Å². The third kappa shape index (κ3) is 9.64. The number of alkyl carbamates (subject to hydrolysis) is 1. The van der Waals surface area contributed by atoms with E-state index in [9.17, 15) is 9.59 Å². The van der Waals surface area contributed by atoms with Crippen molar-refractivity contribution in [1.82, 2.24) is 5.32 Å². The summed E-state index contributed by atoms with van der Waals surface area (Å²) in [5.41, 5.74) is -0.504. The molecule has 0 aliphatic heterocycles. The minimum atomic E-state index is -0.504. The Kier molecular flexibility index (Phi) is 6.25. The second kappa shape index (κ2) is 6.62. The Labute approximate surface area is 100 Å². The summed E-state index contributed by atoms with van der Waals surface area (Å²) in [5, 5.41) is 2.57. The van der Waals surface area contributed by atoms with E-state index in [-0.39, 0.29) is 11.2 Å². The number of carbonyl (C=O) groups excluding carboxylic acids is 2. The van der Waals surface area contributed by atoms with E-state index in [2.05, 4.69) is 5.32 Å². The number of hydrogen-bond donors (Lipinski definition) is 1. The lowest BCUT2D eigenvalue weighted by Gasteiger charge is -2.20. The molecule has 0 saturated heterocycles. The Morgan fingerprint density at radius 2 is 1.94 bits per heavy atom. The minimum Gasteiger partial charge on any atom is -0.444 e. The minimum absolute atomic E-state index is 0.0172. The predicted molar refractivity (Wildman–Crippen MR) is 63.1 cm³/mol. The van der Waals surface area contributed by atoms with Crippen molar-refractivity contribution in [2.24, 2.45) is 0 Å². The van der Waals surface area contributed by atoms with Crippen molar-refractivity contribution in [2.45, 2.75) is 45.5 Å². The summed E-state index contributed by atoms with van der Waals surface area (Å²) >= 11 is 1.02. The van der Waals surface area contributed by atoms with Crippen LogP contribution in [0.4, 0.5) is 4.79 Å². The van der Waals surface area contributed by atoms with Crippen LogP contribution in [0.25, 0.3) is 0 Å². The number of carbonyl (C=O) groups is 2. The average molecular weight is 249 g/mol. The zero-order valence-corrected chi connectivity index (χ0v) is 11.1. The molecule has 0 saturated carbocycles. The molecule has 0 heterocycles. The first kappa shape index (κ1) is 15.1. The van der Waals surface area contributed by atoms with E-state index in [0.29, 0.717) is 6.54 Å². The summed E-state index contributed by atoms with van der Waals surface area (Å²) < 4.78 is 9.77. The summed E-state index contributed by atoms with van der Waals surface area (Å²) in [6, 6.07) is 0. The van der Waals surface area contributed by atoms with Crippen LogP contribution >= 0.6 is 12.0 Å². The molecule has 0 rings (SSSR count). The maximum atomic E-state index is 11.3. The highest BCUT2D eigenvalue weighted by Crippen LogP contribution is 2.11. The average Bonchev–Trinajstić information content (AvgIpc) is 2.08. The van der Waals surface area contributed by atoms with Gasteiger partial charge in [0, 0.05) is 13.5 Å². The smallest absolute Gasteiger partial charge is 0.407 e. The van der Waals surface area contributed by atoms with E-state index < -0.39 is 11.7 Å². The molecule has 1 atom stereocenters. The molecule has 1 amide bonds. The molecule has 0 bridgehead atoms. The highest BCUT2D eigenvalue weighted by Gasteiger charge is 2.16. The van der Waals surface area contributed by atoms with Gasteiger partial charge >= 0.3 is 12.1 Å². The van der Waals surface area contributed by atoms with Crippen LogP contribution in [0.3, 0.4) is 0 Å². The summed E-state index contributed by atoms with van der Waals surface area (Å²) in [6.45, 7) is 8.94. The van der Waals surface area contributed by atoms with Crippen LogP contribution in [0.15, 0.2) is 0 Å². The van der Waals surface area contributed by atoms with E-state index in [4.69, 9.17) is 8.92 Å². The van der Waals surface area contributed by atoms with Gasteiger partial charge in [-0.05, 0) is 27.7 Å². The van der Waals surface area contributed by atoms with Crippen LogP contribution < -0.4 is 5.32 Å². The van der Waals surface area contributed by atoms with Crippen molar-refractivity contribution in [3.05, 3.63) is 0 Å². The van der Waals surface area contributed by atoms with Gasteiger partial charge in [-0.25, -0.2) is 4.79 Å². The van der Waals surface area contributed by atoms with Gasteiger partial charge in [0.2, 0.25) is 0 Å². The van der Waals surface area contributed by atoms with E-state index in [1.54, 1.807) is 20.8 Å². The number of rotatable bonds is 4. The van der Waals surface area contributed by atoms with Crippen molar-refractivity contribution >= 4 is 24.1 Å². The fourth-order valence-corrected chi connectivity index (χ4v) is 1.18. The summed E-state index contributed by atoms with van der Waals surface area (Å²) in [4.78, 5) is 21.8. The van der Waals surface area contributed by atoms with Crippen molar-refractivity contribution in [3.8, 4) is 0 Å². The van der Waals surface area contributed by atoms with Gasteiger partial charge in [0.05, 0.1) is 17.3 Å². The first-order chi connectivity index (χ1) is 7.20. The van der Waals surface area contributed by atoms with E-state index >= 15 is 0 Å². The molecular weight excluding hydrogens is 230 g/mol. The van der Waals surface area contributed by atoms with E-state index in [1.807, 2.05) is 6.92 Å². The molecule has 0 aromatic heterocycles. The molecule has 94 valence electrons. The van der Waals surface area contributed by atoms with Crippen molar-refractivity contribution in [1.29, 1.82) is 0 Å². The Morgan fingerprint density at radius 1 is 1.38 bits per heavy atom. The van der Waals surface area contributed by atoms with Crippen LogP contribution in [-0.4, -0.2) is 29.5 Å². The second-order valence-electron chi connectivity index (χ2n) is 4.36. The third-order valence-electron chi connectivity index (χ3n) is 1.26. The fourth-order valence-electron chi connectivity index (χ4n) is 0.725. The lowest BCUT2D eigenvalue weighted by Crippen LogP contribution is -2.35. The quantitative estimate of drug-likeness (QED) is 0.773. The lowest BCUT2D eigenvalue weighted by atomic mass is 10.2. The van der Waals surface area contributed by atoms with Crippen molar-refractivity contribution in [2.75, 3.05) is 6.54 Å². The zero-order valence-electron chi connectivity index (χ0n) is 10.3. The predicted octanol–water partition coefficient (Wildman–Crippen LogP) is 2.11. The molecular formula is C10H19NO4S. The molecule has 0 spiro atoms. The molecule has 16 heavy (non-hydrogen) atoms. The Balaban J connectivity index is 3.71. The molecule has 1 unspecified atom stereocenters. The third-order valence-corrected chi connectivity index (χ3v) is 2.09. The van der Waals surface area contributed by atoms with Crippen LogP contribution in [0.1, 0.15) is 34.6 Å². The first-order valence-electron chi connectivity index (χ1n) is 5.01. The highest BCUT2D eigenvalue weighted by molar-refractivity contribution is 7.95. The monoisotopic (exact) mass is 249 g/mol. The maximum Gasteiger partial charge on any atom is 0.407 e. The van der Waals surface area contributed by atoms with Gasteiger partial charge in [-0.3, -0.25) is 4.79 Å². The van der Waals surface area contributed by atoms with Gasteiger partial charge in [-0.1, -0.05) is 0 Å². The normalized spacial score (nSPS) is 12.8. The summed E-state index contributed by atoms with van der Waals surface area (Å²) in [5.74, 6) is -0.353. The largest absolute Gasteiger partial charge is 0.444 e.